The monoisotopic (exact) mass is 510 g/mol. The molecule has 0 fully saturated rings. The van der Waals surface area contributed by atoms with Crippen LogP contribution in [0.25, 0.3) is 0 Å². The molecule has 0 unspecified atom stereocenters. The number of thiophene rings is 1. The molecule has 3 aromatic rings. The van der Waals surface area contributed by atoms with Crippen molar-refractivity contribution in [3.63, 3.8) is 0 Å². The van der Waals surface area contributed by atoms with Gasteiger partial charge in [-0.05, 0) is 42.5 Å². The van der Waals surface area contributed by atoms with Crippen LogP contribution < -0.4 is 25.0 Å². The second-order valence-electron chi connectivity index (χ2n) is 6.75. The lowest BCUT2D eigenvalue weighted by Gasteiger charge is -2.29. The fourth-order valence-electron chi connectivity index (χ4n) is 3.06. The van der Waals surface area contributed by atoms with Crippen molar-refractivity contribution in [1.29, 1.82) is 0 Å². The molecule has 0 saturated carbocycles. The summed E-state index contributed by atoms with van der Waals surface area (Å²) in [4.78, 5) is 26.2. The topological polar surface area (TPSA) is 117 Å². The average molecular weight is 511 g/mol. The largest absolute Gasteiger partial charge is 0.472 e. The Balaban J connectivity index is 1.45. The van der Waals surface area contributed by atoms with Crippen LogP contribution in [0.1, 0.15) is 10.4 Å². The Hall–Kier alpha value is -3.35. The van der Waals surface area contributed by atoms with E-state index in [1.54, 1.807) is 7.05 Å². The maximum atomic E-state index is 14.1. The fourth-order valence-corrected chi connectivity index (χ4v) is 5.45. The molecule has 3 amide bonds. The summed E-state index contributed by atoms with van der Waals surface area (Å²) >= 11 is 6.56. The summed E-state index contributed by atoms with van der Waals surface area (Å²) in [7, 11) is -2.50. The Kier molecular flexibility index (Phi) is 6.15. The van der Waals surface area contributed by atoms with E-state index in [4.69, 9.17) is 16.3 Å². The van der Waals surface area contributed by atoms with Crippen LogP contribution >= 0.6 is 22.9 Å². The number of nitrogens with one attached hydrogen (secondary N) is 3. The first kappa shape index (κ1) is 22.8. The maximum Gasteiger partial charge on any atom is 0.333 e. The van der Waals surface area contributed by atoms with Crippen molar-refractivity contribution in [2.75, 3.05) is 29.3 Å². The molecule has 4 rings (SSSR count). The van der Waals surface area contributed by atoms with Gasteiger partial charge in [-0.15, -0.1) is 11.3 Å². The van der Waals surface area contributed by atoms with Crippen LogP contribution in [0, 0.1) is 5.82 Å². The molecule has 1 aliphatic rings. The molecule has 1 aliphatic heterocycles. The van der Waals surface area contributed by atoms with Crippen LogP contribution in [-0.4, -0.2) is 34.1 Å². The third-order valence-electron chi connectivity index (χ3n) is 4.64. The zero-order chi connectivity index (χ0) is 23.8. The molecular weight excluding hydrogens is 495 g/mol. The number of carbonyl (C=O) groups excluding carboxylic acids is 2. The minimum atomic E-state index is -4.06. The number of anilines is 3. The highest BCUT2D eigenvalue weighted by atomic mass is 35.5. The van der Waals surface area contributed by atoms with E-state index in [0.29, 0.717) is 5.69 Å². The summed E-state index contributed by atoms with van der Waals surface area (Å²) in [5.74, 6) is -0.762. The molecule has 9 nitrogen and oxygen atoms in total. The van der Waals surface area contributed by atoms with Crippen molar-refractivity contribution in [3.8, 4) is 5.75 Å². The van der Waals surface area contributed by atoms with Gasteiger partial charge in [-0.1, -0.05) is 11.6 Å². The third kappa shape index (κ3) is 4.72. The van der Waals surface area contributed by atoms with E-state index in [1.807, 2.05) is 4.72 Å². The van der Waals surface area contributed by atoms with E-state index in [2.05, 4.69) is 10.6 Å². The highest BCUT2D eigenvalue weighted by Crippen LogP contribution is 2.33. The number of ether oxygens (including phenoxy) is 1. The summed E-state index contributed by atoms with van der Waals surface area (Å²) in [6.45, 7) is -0.0878. The fraction of sp³-hybridized carbons (Fsp3) is 0.100. The van der Waals surface area contributed by atoms with Gasteiger partial charge in [0.2, 0.25) is 0 Å². The van der Waals surface area contributed by atoms with Crippen molar-refractivity contribution in [3.05, 3.63) is 64.2 Å². The minimum absolute atomic E-state index is 0.0817. The molecule has 0 radical (unpaired) electrons. The predicted octanol–water partition coefficient (Wildman–Crippen LogP) is 4.09. The molecule has 0 bridgehead atoms. The van der Waals surface area contributed by atoms with Crippen molar-refractivity contribution in [2.24, 2.45) is 0 Å². The first-order valence-corrected chi connectivity index (χ1v) is 12.0. The molecule has 2 heterocycles. The van der Waals surface area contributed by atoms with Crippen LogP contribution in [0.3, 0.4) is 0 Å². The SMILES string of the molecule is CNc1cc2c(cc1F)C(=O)N(c1ccc(NC(=O)NS(=O)(=O)c3ccc(Cl)s3)cc1)CO2. The Morgan fingerprint density at radius 3 is 2.55 bits per heavy atom. The number of halogens is 2. The maximum absolute atomic E-state index is 14.1. The van der Waals surface area contributed by atoms with Gasteiger partial charge < -0.3 is 15.4 Å². The summed E-state index contributed by atoms with van der Waals surface area (Å²) in [5, 5.41) is 5.09. The number of hydrogen-bond donors (Lipinski definition) is 3. The minimum Gasteiger partial charge on any atom is -0.472 e. The Labute approximate surface area is 197 Å². The molecule has 0 aliphatic carbocycles. The number of carbonyl (C=O) groups is 2. The Bertz CT molecular complexity index is 1340. The predicted molar refractivity (Wildman–Crippen MR) is 123 cm³/mol. The lowest BCUT2D eigenvalue weighted by molar-refractivity contribution is 0.0936. The third-order valence-corrected chi connectivity index (χ3v) is 7.69. The first-order valence-electron chi connectivity index (χ1n) is 9.33. The molecular formula is C20H16ClFN4O5S2. The number of urea groups is 1. The van der Waals surface area contributed by atoms with Gasteiger partial charge in [0.25, 0.3) is 15.9 Å². The summed E-state index contributed by atoms with van der Waals surface area (Å²) in [5.41, 5.74) is 1.02. The lowest BCUT2D eigenvalue weighted by atomic mass is 10.1. The van der Waals surface area contributed by atoms with E-state index in [0.717, 1.165) is 17.4 Å². The van der Waals surface area contributed by atoms with Crippen molar-refractivity contribution in [1.82, 2.24) is 4.72 Å². The van der Waals surface area contributed by atoms with Gasteiger partial charge in [-0.25, -0.2) is 22.3 Å². The van der Waals surface area contributed by atoms with E-state index < -0.39 is 27.8 Å². The standard InChI is InChI=1S/C20H16ClFN4O5S2/c1-23-15-9-16-13(8-14(15)22)19(27)26(10-31-16)12-4-2-11(3-5-12)24-20(28)25-33(29,30)18-7-6-17(21)32-18/h2-9,23H,10H2,1H3,(H2,24,25,28). The van der Waals surface area contributed by atoms with E-state index in [9.17, 15) is 22.4 Å². The number of rotatable bonds is 5. The Morgan fingerprint density at radius 1 is 1.18 bits per heavy atom. The lowest BCUT2D eigenvalue weighted by Crippen LogP contribution is -2.38. The van der Waals surface area contributed by atoms with Gasteiger partial charge >= 0.3 is 6.03 Å². The number of hydrogen-bond acceptors (Lipinski definition) is 7. The normalized spacial score (nSPS) is 13.2. The quantitative estimate of drug-likeness (QED) is 0.476. The van der Waals surface area contributed by atoms with Crippen LogP contribution in [-0.2, 0) is 10.0 Å². The van der Waals surface area contributed by atoms with Gasteiger partial charge in [0.05, 0.1) is 15.6 Å². The number of fused-ring (bicyclic) bond motifs is 1. The van der Waals surface area contributed by atoms with Crippen LogP contribution in [0.2, 0.25) is 4.34 Å². The highest BCUT2D eigenvalue weighted by molar-refractivity contribution is 7.92. The summed E-state index contributed by atoms with van der Waals surface area (Å²) < 4.78 is 46.2. The number of benzene rings is 2. The molecule has 1 aromatic heterocycles. The van der Waals surface area contributed by atoms with E-state index >= 15 is 0 Å². The van der Waals surface area contributed by atoms with E-state index in [1.165, 1.54) is 47.4 Å². The molecule has 13 heteroatoms. The summed E-state index contributed by atoms with van der Waals surface area (Å²) in [6, 6.07) is 10.3. The van der Waals surface area contributed by atoms with Gasteiger partial charge in [-0.3, -0.25) is 9.69 Å². The van der Waals surface area contributed by atoms with Crippen LogP contribution in [0.15, 0.2) is 52.7 Å². The number of nitrogens with zero attached hydrogens (tertiary/aromatic N) is 1. The van der Waals surface area contributed by atoms with Gasteiger partial charge in [0, 0.05) is 24.5 Å². The molecule has 33 heavy (non-hydrogen) atoms. The van der Waals surface area contributed by atoms with E-state index in [-0.39, 0.29) is 38.0 Å². The zero-order valence-electron chi connectivity index (χ0n) is 16.9. The Morgan fingerprint density at radius 2 is 1.91 bits per heavy atom. The van der Waals surface area contributed by atoms with Crippen molar-refractivity contribution in [2.45, 2.75) is 4.21 Å². The number of sulfonamides is 1. The molecule has 2 aromatic carbocycles. The van der Waals surface area contributed by atoms with Crippen molar-refractivity contribution >= 4 is 62.0 Å². The molecule has 3 N–H and O–H groups in total. The summed E-state index contributed by atoms with van der Waals surface area (Å²) in [6.07, 6.45) is 0. The van der Waals surface area contributed by atoms with Crippen molar-refractivity contribution < 1.29 is 27.1 Å². The van der Waals surface area contributed by atoms with Crippen LogP contribution in [0.5, 0.6) is 5.75 Å². The van der Waals surface area contributed by atoms with Gasteiger partial charge in [0.15, 0.2) is 6.73 Å². The highest BCUT2D eigenvalue weighted by Gasteiger charge is 2.28. The van der Waals surface area contributed by atoms with Gasteiger partial charge in [0.1, 0.15) is 15.8 Å². The molecule has 0 spiro atoms. The zero-order valence-corrected chi connectivity index (χ0v) is 19.3. The molecule has 0 saturated heterocycles. The second-order valence-corrected chi connectivity index (χ2v) is 10.4. The molecule has 172 valence electrons. The first-order chi connectivity index (χ1) is 15.7. The number of amides is 3. The van der Waals surface area contributed by atoms with Gasteiger partial charge in [-0.2, -0.15) is 0 Å². The smallest absolute Gasteiger partial charge is 0.333 e. The molecule has 0 atom stereocenters. The van der Waals surface area contributed by atoms with Crippen LogP contribution in [0.4, 0.5) is 26.2 Å². The average Bonchev–Trinajstić information content (AvgIpc) is 3.22. The second kappa shape index (κ2) is 8.89.